The Bertz CT molecular complexity index is 716. The fourth-order valence-corrected chi connectivity index (χ4v) is 1.99. The van der Waals surface area contributed by atoms with Crippen LogP contribution >= 0.6 is 0 Å². The number of carbonyl (C=O) groups excluding carboxylic acids is 2. The summed E-state index contributed by atoms with van der Waals surface area (Å²) in [7, 11) is 1.68. The van der Waals surface area contributed by atoms with E-state index in [1.807, 2.05) is 0 Å². The van der Waals surface area contributed by atoms with E-state index in [0.29, 0.717) is 5.69 Å². The van der Waals surface area contributed by atoms with Crippen molar-refractivity contribution in [1.82, 2.24) is 0 Å². The molecule has 0 unspecified atom stereocenters. The van der Waals surface area contributed by atoms with Crippen LogP contribution in [0.3, 0.4) is 0 Å². The number of halogens is 1. The van der Waals surface area contributed by atoms with E-state index in [4.69, 9.17) is 4.74 Å². The molecule has 0 heterocycles. The molecule has 1 N–H and O–H groups in total. The summed E-state index contributed by atoms with van der Waals surface area (Å²) in [4.78, 5) is 24.7. The fourth-order valence-electron chi connectivity index (χ4n) is 1.99. The third-order valence-electron chi connectivity index (χ3n) is 3.43. The molecule has 24 heavy (non-hydrogen) atoms. The van der Waals surface area contributed by atoms with Gasteiger partial charge in [-0.1, -0.05) is 12.1 Å². The number of anilines is 2. The van der Waals surface area contributed by atoms with Crippen molar-refractivity contribution < 1.29 is 18.7 Å². The van der Waals surface area contributed by atoms with Crippen molar-refractivity contribution in [1.29, 1.82) is 0 Å². The van der Waals surface area contributed by atoms with Crippen LogP contribution in [0, 0.1) is 5.82 Å². The number of benzene rings is 2. The summed E-state index contributed by atoms with van der Waals surface area (Å²) in [6.07, 6.45) is 0.101. The van der Waals surface area contributed by atoms with Gasteiger partial charge in [-0.2, -0.15) is 0 Å². The summed E-state index contributed by atoms with van der Waals surface area (Å²) >= 11 is 0. The van der Waals surface area contributed by atoms with Crippen molar-refractivity contribution in [2.24, 2.45) is 0 Å². The average Bonchev–Trinajstić information content (AvgIpc) is 2.56. The van der Waals surface area contributed by atoms with Gasteiger partial charge >= 0.3 is 0 Å². The van der Waals surface area contributed by atoms with Gasteiger partial charge in [0.05, 0.1) is 13.0 Å². The van der Waals surface area contributed by atoms with Gasteiger partial charge in [-0.05, 0) is 36.4 Å². The molecule has 0 aliphatic rings. The molecule has 6 heteroatoms. The van der Waals surface area contributed by atoms with E-state index >= 15 is 0 Å². The highest BCUT2D eigenvalue weighted by Gasteiger charge is 2.07. The molecule has 5 nitrogen and oxygen atoms in total. The Balaban J connectivity index is 1.82. The zero-order chi connectivity index (χ0) is 17.5. The number of ether oxygens (including phenoxy) is 1. The molecule has 0 saturated heterocycles. The first-order valence-corrected chi connectivity index (χ1v) is 7.49. The lowest BCUT2D eigenvalue weighted by Gasteiger charge is -2.15. The zero-order valence-electron chi connectivity index (χ0n) is 13.6. The second kappa shape index (κ2) is 8.10. The maximum Gasteiger partial charge on any atom is 0.227 e. The quantitative estimate of drug-likeness (QED) is 0.885. The molecule has 2 aromatic carbocycles. The predicted octanol–water partition coefficient (Wildman–Crippen LogP) is 3.22. The highest BCUT2D eigenvalue weighted by Crippen LogP contribution is 2.18. The van der Waals surface area contributed by atoms with E-state index < -0.39 is 5.82 Å². The minimum Gasteiger partial charge on any atom is -0.490 e. The van der Waals surface area contributed by atoms with Gasteiger partial charge in [0.1, 0.15) is 0 Å². The summed E-state index contributed by atoms with van der Waals surface area (Å²) < 4.78 is 18.6. The summed E-state index contributed by atoms with van der Waals surface area (Å²) in [5.41, 5.74) is 1.36. The molecule has 0 radical (unpaired) electrons. The molecule has 0 saturated carbocycles. The summed E-state index contributed by atoms with van der Waals surface area (Å²) in [5.74, 6) is -0.638. The number of para-hydroxylation sites is 1. The van der Waals surface area contributed by atoms with Crippen LogP contribution in [0.5, 0.6) is 5.75 Å². The Morgan fingerprint density at radius 3 is 2.42 bits per heavy atom. The normalized spacial score (nSPS) is 10.1. The fraction of sp³-hybridized carbons (Fsp3) is 0.222. The molecule has 126 valence electrons. The zero-order valence-corrected chi connectivity index (χ0v) is 13.6. The van der Waals surface area contributed by atoms with Crippen molar-refractivity contribution in [3.63, 3.8) is 0 Å². The first kappa shape index (κ1) is 17.5. The molecule has 2 aromatic rings. The average molecular weight is 330 g/mol. The summed E-state index contributed by atoms with van der Waals surface area (Å²) in [6, 6.07) is 13.0. The first-order valence-electron chi connectivity index (χ1n) is 7.49. The topological polar surface area (TPSA) is 58.6 Å². The SMILES string of the molecule is CC(=O)N(C)c1ccc(NC(=O)CCOc2ccccc2F)cc1. The number of carbonyl (C=O) groups is 2. The predicted molar refractivity (Wildman–Crippen MR) is 90.7 cm³/mol. The lowest BCUT2D eigenvalue weighted by molar-refractivity contribution is -0.117. The molecular formula is C18H19FN2O3. The van der Waals surface area contributed by atoms with Crippen LogP contribution in [-0.4, -0.2) is 25.5 Å². The molecular weight excluding hydrogens is 311 g/mol. The van der Waals surface area contributed by atoms with Gasteiger partial charge < -0.3 is 15.0 Å². The lowest BCUT2D eigenvalue weighted by Crippen LogP contribution is -2.22. The molecule has 0 atom stereocenters. The second-order valence-corrected chi connectivity index (χ2v) is 5.20. The number of nitrogens with one attached hydrogen (secondary N) is 1. The Kier molecular flexibility index (Phi) is 5.89. The highest BCUT2D eigenvalue weighted by atomic mass is 19.1. The molecule has 0 bridgehead atoms. The third kappa shape index (κ3) is 4.81. The maximum atomic E-state index is 13.4. The Morgan fingerprint density at radius 1 is 1.12 bits per heavy atom. The van der Waals surface area contributed by atoms with Crippen molar-refractivity contribution >= 4 is 23.2 Å². The molecule has 0 aromatic heterocycles. The number of amides is 2. The molecule has 2 rings (SSSR count). The van der Waals surface area contributed by atoms with E-state index in [2.05, 4.69) is 5.32 Å². The Morgan fingerprint density at radius 2 is 1.79 bits per heavy atom. The molecule has 0 aliphatic heterocycles. The third-order valence-corrected chi connectivity index (χ3v) is 3.43. The summed E-state index contributed by atoms with van der Waals surface area (Å²) in [5, 5.41) is 2.72. The van der Waals surface area contributed by atoms with Crippen LogP contribution in [-0.2, 0) is 9.59 Å². The van der Waals surface area contributed by atoms with Crippen LogP contribution in [0.1, 0.15) is 13.3 Å². The Hall–Kier alpha value is -2.89. The number of hydrogen-bond donors (Lipinski definition) is 1. The number of nitrogens with zero attached hydrogens (tertiary/aromatic N) is 1. The van der Waals surface area contributed by atoms with Gasteiger partial charge in [-0.3, -0.25) is 9.59 Å². The van der Waals surface area contributed by atoms with Crippen LogP contribution in [0.15, 0.2) is 48.5 Å². The smallest absolute Gasteiger partial charge is 0.227 e. The maximum absolute atomic E-state index is 13.4. The van der Waals surface area contributed by atoms with E-state index in [1.54, 1.807) is 43.4 Å². The van der Waals surface area contributed by atoms with E-state index in [1.165, 1.54) is 24.0 Å². The standard InChI is InChI=1S/C18H19FN2O3/c1-13(22)21(2)15-9-7-14(8-10-15)20-18(23)11-12-24-17-6-4-3-5-16(17)19/h3-10H,11-12H2,1-2H3,(H,20,23). The highest BCUT2D eigenvalue weighted by molar-refractivity contribution is 5.93. The van der Waals surface area contributed by atoms with Crippen LogP contribution in [0.25, 0.3) is 0 Å². The van der Waals surface area contributed by atoms with E-state index in [-0.39, 0.29) is 30.6 Å². The molecule has 2 amide bonds. The van der Waals surface area contributed by atoms with Crippen LogP contribution in [0.4, 0.5) is 15.8 Å². The van der Waals surface area contributed by atoms with Gasteiger partial charge in [0.25, 0.3) is 0 Å². The Labute approximate surface area is 140 Å². The van der Waals surface area contributed by atoms with Crippen LogP contribution in [0.2, 0.25) is 0 Å². The monoisotopic (exact) mass is 330 g/mol. The van der Waals surface area contributed by atoms with Gasteiger partial charge in [0.15, 0.2) is 11.6 Å². The van der Waals surface area contributed by atoms with Crippen LogP contribution < -0.4 is 15.0 Å². The number of hydrogen-bond acceptors (Lipinski definition) is 3. The van der Waals surface area contributed by atoms with Gasteiger partial charge in [-0.25, -0.2) is 4.39 Å². The summed E-state index contributed by atoms with van der Waals surface area (Å²) in [6.45, 7) is 1.56. The van der Waals surface area contributed by atoms with Gasteiger partial charge in [0, 0.05) is 25.3 Å². The minimum absolute atomic E-state index is 0.0721. The first-order chi connectivity index (χ1) is 11.5. The van der Waals surface area contributed by atoms with Crippen molar-refractivity contribution in [2.45, 2.75) is 13.3 Å². The largest absolute Gasteiger partial charge is 0.490 e. The minimum atomic E-state index is -0.455. The van der Waals surface area contributed by atoms with Gasteiger partial charge in [-0.15, -0.1) is 0 Å². The lowest BCUT2D eigenvalue weighted by atomic mass is 10.2. The van der Waals surface area contributed by atoms with Crippen molar-refractivity contribution in [2.75, 3.05) is 23.9 Å². The van der Waals surface area contributed by atoms with Crippen molar-refractivity contribution in [3.05, 3.63) is 54.3 Å². The molecule has 0 fully saturated rings. The van der Waals surface area contributed by atoms with Gasteiger partial charge in [0.2, 0.25) is 11.8 Å². The number of rotatable bonds is 6. The molecule has 0 aliphatic carbocycles. The van der Waals surface area contributed by atoms with Crippen molar-refractivity contribution in [3.8, 4) is 5.75 Å². The van der Waals surface area contributed by atoms with E-state index in [0.717, 1.165) is 5.69 Å². The second-order valence-electron chi connectivity index (χ2n) is 5.20. The molecule has 0 spiro atoms. The van der Waals surface area contributed by atoms with E-state index in [9.17, 15) is 14.0 Å².